The maximum absolute atomic E-state index is 6.38. The molecule has 4 aromatic rings. The van der Waals surface area contributed by atoms with Crippen molar-refractivity contribution in [2.24, 2.45) is 0 Å². The molecule has 2 aliphatic heterocycles. The van der Waals surface area contributed by atoms with E-state index in [2.05, 4.69) is 19.9 Å². The molecule has 0 saturated carbocycles. The van der Waals surface area contributed by atoms with Crippen LogP contribution in [0.5, 0.6) is 5.75 Å². The summed E-state index contributed by atoms with van der Waals surface area (Å²) in [4.78, 5) is 17.1. The Morgan fingerprint density at radius 2 is 1.84 bits per heavy atom. The second-order valence-electron chi connectivity index (χ2n) is 8.27. The number of fused-ring (bicyclic) bond motifs is 3. The third-order valence-electron chi connectivity index (χ3n) is 5.72. The number of rotatable bonds is 4. The van der Waals surface area contributed by atoms with Crippen LogP contribution in [0, 0.1) is 0 Å². The summed E-state index contributed by atoms with van der Waals surface area (Å²) in [5, 5.41) is 1.15. The van der Waals surface area contributed by atoms with E-state index in [4.69, 9.17) is 30.5 Å². The third-order valence-corrected chi connectivity index (χ3v) is 6.02. The molecule has 0 spiro atoms. The summed E-state index contributed by atoms with van der Waals surface area (Å²) in [6.07, 6.45) is 5.22. The van der Waals surface area contributed by atoms with Crippen molar-refractivity contribution in [3.8, 4) is 5.75 Å². The van der Waals surface area contributed by atoms with E-state index in [1.165, 1.54) is 6.33 Å². The van der Waals surface area contributed by atoms with Crippen LogP contribution < -0.4 is 4.74 Å². The molecule has 0 bridgehead atoms. The zero-order valence-electron chi connectivity index (χ0n) is 17.4. The summed E-state index contributed by atoms with van der Waals surface area (Å²) in [6, 6.07) is 7.49. The van der Waals surface area contributed by atoms with Gasteiger partial charge in [-0.25, -0.2) is 9.97 Å². The molecular formula is C22H20ClN5O4. The van der Waals surface area contributed by atoms with Crippen LogP contribution in [0.3, 0.4) is 0 Å². The second-order valence-corrected chi connectivity index (χ2v) is 8.63. The van der Waals surface area contributed by atoms with E-state index in [-0.39, 0.29) is 24.9 Å². The summed E-state index contributed by atoms with van der Waals surface area (Å²) in [5.74, 6) is -0.0466. The largest absolute Gasteiger partial charge is 0.491 e. The van der Waals surface area contributed by atoms with Gasteiger partial charge in [-0.15, -0.1) is 0 Å². The summed E-state index contributed by atoms with van der Waals surface area (Å²) in [7, 11) is 0. The van der Waals surface area contributed by atoms with Crippen molar-refractivity contribution in [1.82, 2.24) is 24.5 Å². The summed E-state index contributed by atoms with van der Waals surface area (Å²) >= 11 is 6.23. The first-order valence-corrected chi connectivity index (χ1v) is 10.7. The van der Waals surface area contributed by atoms with E-state index in [9.17, 15) is 0 Å². The van der Waals surface area contributed by atoms with Gasteiger partial charge in [-0.3, -0.25) is 9.97 Å². The van der Waals surface area contributed by atoms with E-state index in [0.717, 1.165) is 16.4 Å². The van der Waals surface area contributed by atoms with E-state index in [1.807, 2.05) is 48.9 Å². The van der Waals surface area contributed by atoms with E-state index >= 15 is 0 Å². The van der Waals surface area contributed by atoms with Crippen molar-refractivity contribution in [3.63, 3.8) is 0 Å². The van der Waals surface area contributed by atoms with Crippen LogP contribution in [-0.4, -0.2) is 55.2 Å². The van der Waals surface area contributed by atoms with Crippen molar-refractivity contribution in [3.05, 3.63) is 54.3 Å². The third kappa shape index (κ3) is 3.29. The molecule has 2 fully saturated rings. The highest BCUT2D eigenvalue weighted by molar-refractivity contribution is 6.33. The fourth-order valence-electron chi connectivity index (χ4n) is 4.37. The molecule has 2 saturated heterocycles. The average molecular weight is 454 g/mol. The fourth-order valence-corrected chi connectivity index (χ4v) is 4.57. The van der Waals surface area contributed by atoms with Gasteiger partial charge >= 0.3 is 0 Å². The number of aromatic nitrogens is 5. The zero-order chi connectivity index (χ0) is 21.9. The Morgan fingerprint density at radius 1 is 1.03 bits per heavy atom. The molecule has 9 nitrogen and oxygen atoms in total. The normalized spacial score (nSPS) is 26.6. The highest BCUT2D eigenvalue weighted by Gasteiger charge is 2.56. The Morgan fingerprint density at radius 3 is 2.72 bits per heavy atom. The number of hydrogen-bond acceptors (Lipinski definition) is 8. The van der Waals surface area contributed by atoms with Gasteiger partial charge in [-0.1, -0.05) is 11.6 Å². The van der Waals surface area contributed by atoms with Crippen molar-refractivity contribution >= 4 is 33.7 Å². The molecule has 4 atom stereocenters. The topological polar surface area (TPSA) is 93.4 Å². The predicted molar refractivity (Wildman–Crippen MR) is 115 cm³/mol. The van der Waals surface area contributed by atoms with Gasteiger partial charge in [0.2, 0.25) is 0 Å². The van der Waals surface area contributed by atoms with Gasteiger partial charge in [-0.2, -0.15) is 0 Å². The van der Waals surface area contributed by atoms with Crippen LogP contribution in [0.4, 0.5) is 0 Å². The van der Waals surface area contributed by atoms with Gasteiger partial charge in [0.15, 0.2) is 12.0 Å². The van der Waals surface area contributed by atoms with Crippen molar-refractivity contribution in [1.29, 1.82) is 0 Å². The Kier molecular flexibility index (Phi) is 4.55. The van der Waals surface area contributed by atoms with Gasteiger partial charge in [0.25, 0.3) is 0 Å². The lowest BCUT2D eigenvalue weighted by atomic mass is 10.1. The lowest BCUT2D eigenvalue weighted by molar-refractivity contribution is -0.198. The van der Waals surface area contributed by atoms with Crippen LogP contribution in [-0.2, 0) is 14.2 Å². The molecule has 1 aromatic carbocycles. The van der Waals surface area contributed by atoms with Gasteiger partial charge in [0, 0.05) is 24.7 Å². The number of halogens is 1. The lowest BCUT2D eigenvalue weighted by Gasteiger charge is -2.25. The molecule has 0 unspecified atom stereocenters. The quantitative estimate of drug-likeness (QED) is 0.433. The monoisotopic (exact) mass is 453 g/mol. The van der Waals surface area contributed by atoms with Crippen molar-refractivity contribution < 1.29 is 18.9 Å². The minimum absolute atomic E-state index is 0.290. The Hall–Kier alpha value is -2.85. The first-order chi connectivity index (χ1) is 15.5. The van der Waals surface area contributed by atoms with Gasteiger partial charge in [0.1, 0.15) is 47.8 Å². The number of hydrogen-bond donors (Lipinski definition) is 0. The van der Waals surface area contributed by atoms with Crippen LogP contribution in [0.2, 0.25) is 5.15 Å². The Bertz CT molecular complexity index is 1310. The van der Waals surface area contributed by atoms with Gasteiger partial charge in [-0.05, 0) is 32.0 Å². The smallest absolute Gasteiger partial charge is 0.164 e. The van der Waals surface area contributed by atoms with Crippen LogP contribution >= 0.6 is 11.6 Å². The van der Waals surface area contributed by atoms with E-state index < -0.39 is 12.0 Å². The van der Waals surface area contributed by atoms with Gasteiger partial charge in [0.05, 0.1) is 16.4 Å². The Labute approximate surface area is 188 Å². The molecule has 0 aliphatic carbocycles. The molecule has 6 rings (SSSR count). The molecule has 3 aromatic heterocycles. The molecule has 0 radical (unpaired) electrons. The molecule has 2 aliphatic rings. The predicted octanol–water partition coefficient (Wildman–Crippen LogP) is 3.52. The molecular weight excluding hydrogens is 434 g/mol. The number of benzene rings is 1. The molecule has 0 N–H and O–H groups in total. The molecule has 10 heteroatoms. The van der Waals surface area contributed by atoms with Crippen molar-refractivity contribution in [2.45, 2.75) is 44.2 Å². The lowest BCUT2D eigenvalue weighted by Crippen LogP contribution is -2.33. The summed E-state index contributed by atoms with van der Waals surface area (Å²) < 4.78 is 26.8. The van der Waals surface area contributed by atoms with Crippen LogP contribution in [0.1, 0.15) is 20.1 Å². The first-order valence-electron chi connectivity index (χ1n) is 10.3. The molecule has 0 amide bonds. The number of ether oxygens (including phenoxy) is 4. The SMILES string of the molecule is CC1(C)O[C@@H]2[C@H](O1)[C@@H](COc1ccc3nccnc3c1)O[C@H]2n1ccc2c(Cl)ncnc21. The molecule has 32 heavy (non-hydrogen) atoms. The standard InChI is InChI=1S/C22H20ClN5O4/c1-22(2)31-17-16(10-29-12-3-4-14-15(9-12)25-7-6-24-14)30-21(18(17)32-22)28-8-5-13-19(23)26-11-27-20(13)28/h3-9,11,16-18,21H,10H2,1-2H3/t16-,17-,18-,21-/m1/s1. The summed E-state index contributed by atoms with van der Waals surface area (Å²) in [6.45, 7) is 4.09. The minimum atomic E-state index is -0.732. The minimum Gasteiger partial charge on any atom is -0.491 e. The number of nitrogens with zero attached hydrogens (tertiary/aromatic N) is 5. The Balaban J connectivity index is 1.28. The van der Waals surface area contributed by atoms with Gasteiger partial charge < -0.3 is 23.5 Å². The highest BCUT2D eigenvalue weighted by atomic mass is 35.5. The fraction of sp³-hybridized carbons (Fsp3) is 0.364. The van der Waals surface area contributed by atoms with E-state index in [0.29, 0.717) is 16.5 Å². The first kappa shape index (κ1) is 19.8. The zero-order valence-corrected chi connectivity index (χ0v) is 18.1. The maximum Gasteiger partial charge on any atom is 0.164 e. The van der Waals surface area contributed by atoms with E-state index in [1.54, 1.807) is 12.4 Å². The summed E-state index contributed by atoms with van der Waals surface area (Å²) in [5.41, 5.74) is 2.26. The average Bonchev–Trinajstić information content (AvgIpc) is 3.44. The highest BCUT2D eigenvalue weighted by Crippen LogP contribution is 2.44. The molecule has 5 heterocycles. The second kappa shape index (κ2) is 7.35. The van der Waals surface area contributed by atoms with Crippen LogP contribution in [0.25, 0.3) is 22.1 Å². The van der Waals surface area contributed by atoms with Crippen molar-refractivity contribution in [2.75, 3.05) is 6.61 Å². The van der Waals surface area contributed by atoms with Crippen LogP contribution in [0.15, 0.2) is 49.2 Å². The maximum atomic E-state index is 6.38. The molecule has 164 valence electrons.